The van der Waals surface area contributed by atoms with Crippen LogP contribution in [0.2, 0.25) is 0 Å². The highest BCUT2D eigenvalue weighted by atomic mass is 32.2. The third kappa shape index (κ3) is 1.56. The maximum absolute atomic E-state index is 10.8. The molecule has 2 nitrogen and oxygen atoms in total. The molecular formula is C10H10O2S. The number of thioether (sulfide) groups is 1. The summed E-state index contributed by atoms with van der Waals surface area (Å²) < 4.78 is 0. The maximum Gasteiger partial charge on any atom is 0.308 e. The summed E-state index contributed by atoms with van der Waals surface area (Å²) in [4.78, 5) is 10.8. The van der Waals surface area contributed by atoms with Crippen LogP contribution < -0.4 is 0 Å². The van der Waals surface area contributed by atoms with Crippen LogP contribution in [0.4, 0.5) is 0 Å². The zero-order valence-electron chi connectivity index (χ0n) is 7.01. The van der Waals surface area contributed by atoms with E-state index in [9.17, 15) is 4.79 Å². The zero-order chi connectivity index (χ0) is 9.26. The van der Waals surface area contributed by atoms with Gasteiger partial charge in [0.2, 0.25) is 0 Å². The van der Waals surface area contributed by atoms with Gasteiger partial charge >= 0.3 is 5.97 Å². The van der Waals surface area contributed by atoms with E-state index in [-0.39, 0.29) is 11.2 Å². The van der Waals surface area contributed by atoms with Gasteiger partial charge in [-0.05, 0) is 5.56 Å². The van der Waals surface area contributed by atoms with E-state index in [0.717, 1.165) is 11.3 Å². The van der Waals surface area contributed by atoms with Crippen LogP contribution in [0.25, 0.3) is 0 Å². The van der Waals surface area contributed by atoms with Crippen LogP contribution in [-0.4, -0.2) is 16.8 Å². The molecule has 1 saturated heterocycles. The molecule has 1 N–H and O–H groups in total. The molecule has 0 amide bonds. The second kappa shape index (κ2) is 3.42. The first-order valence-corrected chi connectivity index (χ1v) is 5.23. The van der Waals surface area contributed by atoms with Crippen LogP contribution >= 0.6 is 11.8 Å². The van der Waals surface area contributed by atoms with E-state index in [1.54, 1.807) is 11.8 Å². The molecule has 1 fully saturated rings. The van der Waals surface area contributed by atoms with Crippen molar-refractivity contribution in [3.05, 3.63) is 35.9 Å². The Hall–Kier alpha value is -0.960. The van der Waals surface area contributed by atoms with E-state index >= 15 is 0 Å². The van der Waals surface area contributed by atoms with Crippen molar-refractivity contribution in [3.63, 3.8) is 0 Å². The molecule has 1 aromatic carbocycles. The SMILES string of the molecule is O=C(O)C1CSC1c1ccccc1. The number of hydrogen-bond acceptors (Lipinski definition) is 2. The Morgan fingerprint density at radius 3 is 2.54 bits per heavy atom. The molecule has 1 aliphatic rings. The minimum absolute atomic E-state index is 0.165. The quantitative estimate of drug-likeness (QED) is 0.784. The number of rotatable bonds is 2. The molecule has 1 heterocycles. The largest absolute Gasteiger partial charge is 0.481 e. The Morgan fingerprint density at radius 1 is 1.38 bits per heavy atom. The summed E-state index contributed by atoms with van der Waals surface area (Å²) in [5.74, 6) is -0.116. The van der Waals surface area contributed by atoms with Crippen LogP contribution in [0, 0.1) is 5.92 Å². The third-order valence-electron chi connectivity index (χ3n) is 2.27. The molecule has 0 radical (unpaired) electrons. The molecule has 2 unspecified atom stereocenters. The van der Waals surface area contributed by atoms with E-state index in [1.165, 1.54) is 0 Å². The second-order valence-corrected chi connectivity index (χ2v) is 4.28. The van der Waals surface area contributed by atoms with Crippen molar-refractivity contribution in [2.45, 2.75) is 5.25 Å². The van der Waals surface area contributed by atoms with Gasteiger partial charge in [0.1, 0.15) is 0 Å². The topological polar surface area (TPSA) is 37.3 Å². The maximum atomic E-state index is 10.8. The molecule has 0 saturated carbocycles. The predicted molar refractivity (Wildman–Crippen MR) is 52.8 cm³/mol. The van der Waals surface area contributed by atoms with E-state index in [1.807, 2.05) is 30.3 Å². The lowest BCUT2D eigenvalue weighted by molar-refractivity contribution is -0.141. The number of hydrogen-bond donors (Lipinski definition) is 1. The molecule has 3 heteroatoms. The minimum atomic E-state index is -0.674. The summed E-state index contributed by atoms with van der Waals surface area (Å²) in [5, 5.41) is 9.02. The first-order valence-electron chi connectivity index (χ1n) is 4.18. The van der Waals surface area contributed by atoms with Gasteiger partial charge in [0.15, 0.2) is 0 Å². The Morgan fingerprint density at radius 2 is 2.08 bits per heavy atom. The number of carboxylic acids is 1. The summed E-state index contributed by atoms with van der Waals surface area (Å²) in [6.07, 6.45) is 0. The summed E-state index contributed by atoms with van der Waals surface area (Å²) in [6, 6.07) is 9.84. The number of carboxylic acid groups (broad SMARTS) is 1. The fourth-order valence-corrected chi connectivity index (χ4v) is 2.65. The second-order valence-electron chi connectivity index (χ2n) is 3.11. The highest BCUT2D eigenvalue weighted by Gasteiger charge is 2.38. The van der Waals surface area contributed by atoms with E-state index in [0.29, 0.717) is 0 Å². The molecule has 13 heavy (non-hydrogen) atoms. The lowest BCUT2D eigenvalue weighted by atomic mass is 9.99. The van der Waals surface area contributed by atoms with Crippen LogP contribution in [-0.2, 0) is 4.79 Å². The van der Waals surface area contributed by atoms with Gasteiger partial charge in [-0.25, -0.2) is 0 Å². The van der Waals surface area contributed by atoms with Crippen molar-refractivity contribution in [1.82, 2.24) is 0 Å². The highest BCUT2D eigenvalue weighted by molar-refractivity contribution is 8.01. The summed E-state index contributed by atoms with van der Waals surface area (Å²) in [5.41, 5.74) is 1.13. The number of carbonyl (C=O) groups is 1. The van der Waals surface area contributed by atoms with Gasteiger partial charge < -0.3 is 5.11 Å². The molecule has 1 aromatic rings. The Kier molecular flexibility index (Phi) is 2.27. The lowest BCUT2D eigenvalue weighted by Gasteiger charge is -2.32. The molecule has 0 aliphatic carbocycles. The molecule has 2 rings (SSSR count). The third-order valence-corrected chi connectivity index (χ3v) is 3.78. The van der Waals surface area contributed by atoms with Gasteiger partial charge in [-0.1, -0.05) is 30.3 Å². The van der Waals surface area contributed by atoms with Gasteiger partial charge in [-0.2, -0.15) is 11.8 Å². The first-order chi connectivity index (χ1) is 6.29. The predicted octanol–water partition coefficient (Wildman–Crippen LogP) is 2.18. The molecule has 1 aliphatic heterocycles. The average Bonchev–Trinajstić information content (AvgIpc) is 2.02. The normalized spacial score (nSPS) is 26.5. The zero-order valence-corrected chi connectivity index (χ0v) is 7.83. The van der Waals surface area contributed by atoms with Crippen molar-refractivity contribution in [1.29, 1.82) is 0 Å². The Labute approximate surface area is 81.0 Å². The fourth-order valence-electron chi connectivity index (χ4n) is 1.46. The average molecular weight is 194 g/mol. The summed E-state index contributed by atoms with van der Waals surface area (Å²) >= 11 is 1.71. The summed E-state index contributed by atoms with van der Waals surface area (Å²) in [6.45, 7) is 0. The number of aliphatic carboxylic acids is 1. The van der Waals surface area contributed by atoms with Gasteiger partial charge in [-0.3, -0.25) is 4.79 Å². The van der Waals surface area contributed by atoms with Crippen LogP contribution in [0.1, 0.15) is 10.8 Å². The smallest absolute Gasteiger partial charge is 0.308 e. The van der Waals surface area contributed by atoms with Crippen molar-refractivity contribution in [2.24, 2.45) is 5.92 Å². The monoisotopic (exact) mass is 194 g/mol. The van der Waals surface area contributed by atoms with Gasteiger partial charge in [-0.15, -0.1) is 0 Å². The Balaban J connectivity index is 2.15. The van der Waals surface area contributed by atoms with Gasteiger partial charge in [0, 0.05) is 11.0 Å². The molecule has 68 valence electrons. The standard InChI is InChI=1S/C10H10O2S/c11-10(12)8-6-13-9(8)7-4-2-1-3-5-7/h1-5,8-9H,6H2,(H,11,12). The number of benzene rings is 1. The molecule has 2 atom stereocenters. The van der Waals surface area contributed by atoms with Crippen molar-refractivity contribution < 1.29 is 9.90 Å². The minimum Gasteiger partial charge on any atom is -0.481 e. The Bertz CT molecular complexity index is 310. The van der Waals surface area contributed by atoms with Crippen LogP contribution in [0.15, 0.2) is 30.3 Å². The molecule has 0 bridgehead atoms. The van der Waals surface area contributed by atoms with Gasteiger partial charge in [0.05, 0.1) is 5.92 Å². The van der Waals surface area contributed by atoms with Crippen molar-refractivity contribution in [3.8, 4) is 0 Å². The fraction of sp³-hybridized carbons (Fsp3) is 0.300. The van der Waals surface area contributed by atoms with Crippen LogP contribution in [0.3, 0.4) is 0 Å². The highest BCUT2D eigenvalue weighted by Crippen LogP contribution is 2.47. The molecule has 0 aromatic heterocycles. The van der Waals surface area contributed by atoms with E-state index in [2.05, 4.69) is 0 Å². The molecular weight excluding hydrogens is 184 g/mol. The first kappa shape index (κ1) is 8.63. The van der Waals surface area contributed by atoms with E-state index in [4.69, 9.17) is 5.11 Å². The van der Waals surface area contributed by atoms with Gasteiger partial charge in [0.25, 0.3) is 0 Å². The van der Waals surface area contributed by atoms with Crippen molar-refractivity contribution in [2.75, 3.05) is 5.75 Å². The van der Waals surface area contributed by atoms with Crippen molar-refractivity contribution >= 4 is 17.7 Å². The van der Waals surface area contributed by atoms with E-state index < -0.39 is 5.97 Å². The van der Waals surface area contributed by atoms with Crippen LogP contribution in [0.5, 0.6) is 0 Å². The summed E-state index contributed by atoms with van der Waals surface area (Å²) in [7, 11) is 0. The molecule has 0 spiro atoms. The lowest BCUT2D eigenvalue weighted by Crippen LogP contribution is -2.30.